The minimum Gasteiger partial charge on any atom is -0.310 e. The Hall–Kier alpha value is -10.7. The van der Waals surface area contributed by atoms with Crippen LogP contribution in [-0.4, -0.2) is 11.3 Å². The zero-order chi connectivity index (χ0) is 66.5. The molecule has 3 heterocycles. The van der Waals surface area contributed by atoms with Crippen LogP contribution in [0.4, 0.5) is 34.1 Å². The summed E-state index contributed by atoms with van der Waals surface area (Å²) in [6.07, 6.45) is 16.6. The first-order chi connectivity index (χ1) is 47.5. The van der Waals surface area contributed by atoms with Gasteiger partial charge in [-0.25, -0.2) is 0 Å². The van der Waals surface area contributed by atoms with Gasteiger partial charge in [0.05, 0.1) is 22.4 Å². The number of rotatable bonds is 8. The van der Waals surface area contributed by atoms with Crippen molar-refractivity contribution in [2.75, 3.05) is 9.80 Å². The zero-order valence-electron chi connectivity index (χ0n) is 57.6. The molecule has 4 aliphatic carbocycles. The lowest BCUT2D eigenvalue weighted by atomic mass is 9.33. The summed E-state index contributed by atoms with van der Waals surface area (Å²) in [5.74, 6) is 1.05. The Bertz CT molecular complexity index is 5310. The van der Waals surface area contributed by atoms with Gasteiger partial charge in [-0.15, -0.1) is 0 Å². The fourth-order valence-corrected chi connectivity index (χ4v) is 17.4. The number of nitrogens with zero attached hydrogens (tertiary/aromatic N) is 3. The van der Waals surface area contributed by atoms with Crippen LogP contribution in [0.15, 0.2) is 319 Å². The van der Waals surface area contributed by atoms with Gasteiger partial charge in [0.25, 0.3) is 6.71 Å². The van der Waals surface area contributed by atoms with Crippen LogP contribution in [0.3, 0.4) is 0 Å². The number of benzene rings is 11. The molecule has 0 saturated carbocycles. The highest BCUT2D eigenvalue weighted by molar-refractivity contribution is 7.00. The normalized spacial score (nSPS) is 17.6. The number of allylic oxidation sites excluding steroid dienone is 12. The number of fused-ring (bicyclic) bond motifs is 7. The zero-order valence-corrected chi connectivity index (χ0v) is 57.6. The predicted octanol–water partition coefficient (Wildman–Crippen LogP) is 23.2. The highest BCUT2D eigenvalue weighted by atomic mass is 15.2. The van der Waals surface area contributed by atoms with E-state index in [1.165, 1.54) is 122 Å². The van der Waals surface area contributed by atoms with Crippen molar-refractivity contribution < 1.29 is 0 Å². The molecule has 18 rings (SSSR count). The van der Waals surface area contributed by atoms with Gasteiger partial charge in [-0.3, -0.25) is 0 Å². The summed E-state index contributed by atoms with van der Waals surface area (Å²) in [4.78, 5) is 5.43. The molecule has 6 aliphatic rings. The lowest BCUT2D eigenvalue weighted by Crippen LogP contribution is -2.61. The number of aromatic nitrogens is 1. The topological polar surface area (TPSA) is 11.4 Å². The smallest absolute Gasteiger partial charge is 0.252 e. The molecule has 12 aromatic rings. The van der Waals surface area contributed by atoms with Gasteiger partial charge in [-0.1, -0.05) is 317 Å². The van der Waals surface area contributed by atoms with Crippen LogP contribution >= 0.6 is 0 Å². The number of anilines is 6. The van der Waals surface area contributed by atoms with Crippen molar-refractivity contribution in [2.45, 2.75) is 74.1 Å². The third kappa shape index (κ3) is 9.53. The predicted molar refractivity (Wildman–Crippen MR) is 418 cm³/mol. The molecule has 3 unspecified atom stereocenters. The van der Waals surface area contributed by atoms with E-state index in [2.05, 4.69) is 368 Å². The summed E-state index contributed by atoms with van der Waals surface area (Å²) in [5.41, 5.74) is 34.5. The second-order valence-electron chi connectivity index (χ2n) is 31.2. The van der Waals surface area contributed by atoms with E-state index in [1.54, 1.807) is 0 Å². The van der Waals surface area contributed by atoms with E-state index in [0.29, 0.717) is 11.8 Å². The van der Waals surface area contributed by atoms with Crippen LogP contribution in [0.25, 0.3) is 77.6 Å². The van der Waals surface area contributed by atoms with Gasteiger partial charge in [0.2, 0.25) is 0 Å². The largest absolute Gasteiger partial charge is 0.310 e. The van der Waals surface area contributed by atoms with Crippen molar-refractivity contribution in [1.29, 1.82) is 0 Å². The Morgan fingerprint density at radius 1 is 0.388 bits per heavy atom. The van der Waals surface area contributed by atoms with E-state index in [4.69, 9.17) is 0 Å². The maximum atomic E-state index is 2.72. The molecule has 0 N–H and O–H groups in total. The van der Waals surface area contributed by atoms with Crippen LogP contribution in [0, 0.1) is 28.6 Å². The molecule has 0 bridgehead atoms. The van der Waals surface area contributed by atoms with Gasteiger partial charge >= 0.3 is 0 Å². The van der Waals surface area contributed by atoms with Gasteiger partial charge < -0.3 is 14.4 Å². The first-order valence-electron chi connectivity index (χ1n) is 35.4. The van der Waals surface area contributed by atoms with Crippen LogP contribution in [0.5, 0.6) is 0 Å². The highest BCUT2D eigenvalue weighted by Gasteiger charge is 2.49. The van der Waals surface area contributed by atoms with Crippen LogP contribution in [0.1, 0.15) is 79.9 Å². The molecule has 0 saturated heterocycles. The molecule has 0 spiro atoms. The highest BCUT2D eigenvalue weighted by Crippen LogP contribution is 2.59. The fraction of sp³-hybridized carbons (Fsp3) is 0.170. The molecule has 0 fully saturated rings. The second-order valence-corrected chi connectivity index (χ2v) is 31.2. The lowest BCUT2D eigenvalue weighted by Gasteiger charge is -2.48. The van der Waals surface area contributed by atoms with Crippen molar-refractivity contribution in [2.24, 2.45) is 28.6 Å². The second kappa shape index (κ2) is 22.4. The maximum absolute atomic E-state index is 2.72. The Kier molecular flexibility index (Phi) is 13.7. The number of hydrogen-bond donors (Lipinski definition) is 0. The summed E-state index contributed by atoms with van der Waals surface area (Å²) in [6.45, 7) is 21.4. The van der Waals surface area contributed by atoms with Crippen LogP contribution < -0.4 is 26.2 Å². The standard InChI is InChI=1S/C94H80BN3/c1-92(2,3)67-50-64-44-45-65-51-68(93(4,5)6)55-78-77(53-66(52-67)87(64)88(65)78)63-46-49-83-80(54-63)95-79-48-47-70(96-81-42-24-22-36-75(81)76-37-23-25-43-82(76)96)58-84(79)98(91-73(61-32-18-12-19-33-61)40-27-41-74(91)62-34-20-13-21-35-62)86-57-69(94(7,8)9)56-85(89(86)95)97(83)90-71(59-28-14-10-15-29-59)38-26-39-72(90)60-30-16-11-17-31-60/h10-49,51-58,64,87-88H,50H2,1-9H3. The van der Waals surface area contributed by atoms with E-state index >= 15 is 0 Å². The molecule has 0 amide bonds. The summed E-state index contributed by atoms with van der Waals surface area (Å²) in [7, 11) is 0. The van der Waals surface area contributed by atoms with Crippen molar-refractivity contribution in [3.63, 3.8) is 0 Å². The van der Waals surface area contributed by atoms with E-state index < -0.39 is 0 Å². The maximum Gasteiger partial charge on any atom is 0.252 e. The summed E-state index contributed by atoms with van der Waals surface area (Å²) < 4.78 is 2.51. The summed E-state index contributed by atoms with van der Waals surface area (Å²) >= 11 is 0. The van der Waals surface area contributed by atoms with Crippen molar-refractivity contribution in [3.8, 4) is 50.2 Å². The molecular formula is C94H80BN3. The average Bonchev–Trinajstić information content (AvgIpc) is 0.736. The Morgan fingerprint density at radius 3 is 1.41 bits per heavy atom. The molecule has 3 nitrogen and oxygen atoms in total. The first kappa shape index (κ1) is 59.8. The molecule has 98 heavy (non-hydrogen) atoms. The van der Waals surface area contributed by atoms with E-state index in [1.807, 2.05) is 0 Å². The molecule has 2 aliphatic heterocycles. The number of hydrogen-bond acceptors (Lipinski definition) is 2. The molecule has 3 atom stereocenters. The van der Waals surface area contributed by atoms with Crippen molar-refractivity contribution in [1.82, 2.24) is 4.57 Å². The monoisotopic (exact) mass is 1260 g/mol. The van der Waals surface area contributed by atoms with E-state index in [-0.39, 0.29) is 28.9 Å². The third-order valence-electron chi connectivity index (χ3n) is 22.2. The minimum absolute atomic E-state index is 0.0425. The van der Waals surface area contributed by atoms with E-state index in [0.717, 1.165) is 51.4 Å². The Balaban J connectivity index is 1.00. The lowest BCUT2D eigenvalue weighted by molar-refractivity contribution is 0.328. The number of para-hydroxylation sites is 4. The van der Waals surface area contributed by atoms with Crippen LogP contribution in [0.2, 0.25) is 0 Å². The van der Waals surface area contributed by atoms with Gasteiger partial charge in [0.1, 0.15) is 0 Å². The molecular weight excluding hydrogens is 1180 g/mol. The Labute approximate surface area is 578 Å². The molecule has 11 aromatic carbocycles. The van der Waals surface area contributed by atoms with Gasteiger partial charge in [-0.2, -0.15) is 0 Å². The molecule has 4 heteroatoms. The minimum atomic E-state index is -0.281. The van der Waals surface area contributed by atoms with Crippen molar-refractivity contribution >= 4 is 84.6 Å². The van der Waals surface area contributed by atoms with Gasteiger partial charge in [0.15, 0.2) is 0 Å². The van der Waals surface area contributed by atoms with Gasteiger partial charge in [0, 0.05) is 73.3 Å². The van der Waals surface area contributed by atoms with Crippen molar-refractivity contribution in [3.05, 3.63) is 330 Å². The van der Waals surface area contributed by atoms with Crippen LogP contribution in [-0.2, 0) is 5.41 Å². The first-order valence-corrected chi connectivity index (χ1v) is 35.4. The summed E-state index contributed by atoms with van der Waals surface area (Å²) in [5, 5.41) is 2.48. The third-order valence-corrected chi connectivity index (χ3v) is 22.2. The Morgan fingerprint density at radius 2 is 0.898 bits per heavy atom. The molecule has 474 valence electrons. The quantitative estimate of drug-likeness (QED) is 0.141. The fourth-order valence-electron chi connectivity index (χ4n) is 17.4. The molecule has 0 radical (unpaired) electrons. The molecule has 1 aromatic heterocycles. The average molecular weight is 1260 g/mol. The van der Waals surface area contributed by atoms with Gasteiger partial charge in [-0.05, 0) is 149 Å². The van der Waals surface area contributed by atoms with E-state index in [9.17, 15) is 0 Å². The SMILES string of the molecule is CC(C)(C)C1=CC2=C(c3ccc4c(c3)B3c5ccc(-n6c7ccccc7c7ccccc76)cc5N(c5c(-c6ccccc6)cccc5-c5ccccc5)c5cc(C(C)(C)C)cc(c53)N4c3c(-c4ccccc4)cccc3-c3ccccc3)C=C3C=C(C(C)(C)C)CC4C=CC(=C1)C2C34. The summed E-state index contributed by atoms with van der Waals surface area (Å²) in [6, 6.07) is 96.7.